The molecule has 0 radical (unpaired) electrons. The SMILES string of the molecule is COc1ccc(CN2CCCN(C(=O)CCc3nc(-c4ccco4)no3)CC2)cc1. The fourth-order valence-corrected chi connectivity index (χ4v) is 3.60. The molecule has 1 fully saturated rings. The third-order valence-corrected chi connectivity index (χ3v) is 5.27. The van der Waals surface area contributed by atoms with Crippen molar-refractivity contribution in [1.82, 2.24) is 19.9 Å². The molecule has 1 aromatic carbocycles. The number of nitrogens with zero attached hydrogens (tertiary/aromatic N) is 4. The lowest BCUT2D eigenvalue weighted by Crippen LogP contribution is -2.35. The molecule has 0 saturated carbocycles. The minimum absolute atomic E-state index is 0.124. The molecule has 4 rings (SSSR count). The van der Waals surface area contributed by atoms with Gasteiger partial charge in [0.15, 0.2) is 5.76 Å². The Bertz CT molecular complexity index is 936. The van der Waals surface area contributed by atoms with E-state index in [0.29, 0.717) is 30.3 Å². The molecule has 3 heterocycles. The van der Waals surface area contributed by atoms with E-state index in [4.69, 9.17) is 13.7 Å². The Hall–Kier alpha value is -3.13. The van der Waals surface area contributed by atoms with Crippen LogP contribution < -0.4 is 4.74 Å². The molecule has 1 saturated heterocycles. The van der Waals surface area contributed by atoms with E-state index in [2.05, 4.69) is 27.2 Å². The molecular formula is C22H26N4O4. The molecule has 0 N–H and O–H groups in total. The van der Waals surface area contributed by atoms with Crippen LogP contribution in [-0.4, -0.2) is 59.1 Å². The van der Waals surface area contributed by atoms with Gasteiger partial charge in [0.05, 0.1) is 13.4 Å². The third kappa shape index (κ3) is 5.07. The smallest absolute Gasteiger partial charge is 0.238 e. The zero-order valence-electron chi connectivity index (χ0n) is 17.1. The maximum Gasteiger partial charge on any atom is 0.238 e. The van der Waals surface area contributed by atoms with Gasteiger partial charge in [-0.15, -0.1) is 0 Å². The van der Waals surface area contributed by atoms with Crippen LogP contribution in [-0.2, 0) is 17.8 Å². The first-order valence-corrected chi connectivity index (χ1v) is 10.2. The fraction of sp³-hybridized carbons (Fsp3) is 0.409. The monoisotopic (exact) mass is 410 g/mol. The van der Waals surface area contributed by atoms with E-state index in [1.165, 1.54) is 5.56 Å². The Morgan fingerprint density at radius 1 is 1.13 bits per heavy atom. The normalized spacial score (nSPS) is 15.2. The van der Waals surface area contributed by atoms with Crippen molar-refractivity contribution >= 4 is 5.91 Å². The van der Waals surface area contributed by atoms with Gasteiger partial charge in [-0.1, -0.05) is 17.3 Å². The van der Waals surface area contributed by atoms with Crippen LogP contribution in [0.25, 0.3) is 11.6 Å². The van der Waals surface area contributed by atoms with Gasteiger partial charge in [-0.25, -0.2) is 0 Å². The summed E-state index contributed by atoms with van der Waals surface area (Å²) >= 11 is 0. The number of aromatic nitrogens is 2. The average molecular weight is 410 g/mol. The Balaban J connectivity index is 1.25. The largest absolute Gasteiger partial charge is 0.497 e. The van der Waals surface area contributed by atoms with Crippen LogP contribution in [0.3, 0.4) is 0 Å². The van der Waals surface area contributed by atoms with Gasteiger partial charge >= 0.3 is 0 Å². The van der Waals surface area contributed by atoms with E-state index >= 15 is 0 Å². The lowest BCUT2D eigenvalue weighted by molar-refractivity contribution is -0.131. The predicted molar refractivity (Wildman–Crippen MR) is 110 cm³/mol. The van der Waals surface area contributed by atoms with Crippen LogP contribution in [0.1, 0.15) is 24.3 Å². The van der Waals surface area contributed by atoms with E-state index in [0.717, 1.165) is 44.9 Å². The Kier molecular flexibility index (Phi) is 6.44. The molecule has 1 aliphatic rings. The zero-order chi connectivity index (χ0) is 20.8. The minimum atomic E-state index is 0.124. The second-order valence-corrected chi connectivity index (χ2v) is 7.35. The summed E-state index contributed by atoms with van der Waals surface area (Å²) in [6, 6.07) is 11.7. The van der Waals surface area contributed by atoms with Gasteiger partial charge in [0.25, 0.3) is 0 Å². The molecular weight excluding hydrogens is 384 g/mol. The standard InChI is InChI=1S/C22H26N4O4/c1-28-18-7-5-17(6-8-18)16-25-11-3-12-26(14-13-25)21(27)10-9-20-23-22(24-30-20)19-4-2-15-29-19/h2,4-8,15H,3,9-14,16H2,1H3. The van der Waals surface area contributed by atoms with E-state index in [1.807, 2.05) is 17.0 Å². The van der Waals surface area contributed by atoms with Gasteiger partial charge in [-0.05, 0) is 36.2 Å². The van der Waals surface area contributed by atoms with Crippen LogP contribution in [0.4, 0.5) is 0 Å². The summed E-state index contributed by atoms with van der Waals surface area (Å²) in [5.74, 6) is 2.40. The summed E-state index contributed by atoms with van der Waals surface area (Å²) < 4.78 is 15.7. The van der Waals surface area contributed by atoms with E-state index in [-0.39, 0.29) is 5.91 Å². The second kappa shape index (κ2) is 9.58. The first kappa shape index (κ1) is 20.2. The van der Waals surface area contributed by atoms with Gasteiger partial charge in [0.2, 0.25) is 17.6 Å². The predicted octanol–water partition coefficient (Wildman–Crippen LogP) is 3.01. The molecule has 2 aromatic heterocycles. The van der Waals surface area contributed by atoms with Crippen LogP contribution in [0.15, 0.2) is 51.6 Å². The maximum absolute atomic E-state index is 12.7. The highest BCUT2D eigenvalue weighted by Crippen LogP contribution is 2.17. The van der Waals surface area contributed by atoms with Gasteiger partial charge < -0.3 is 18.6 Å². The number of carbonyl (C=O) groups is 1. The molecule has 158 valence electrons. The summed E-state index contributed by atoms with van der Waals surface area (Å²) in [6.07, 6.45) is 3.31. The third-order valence-electron chi connectivity index (χ3n) is 5.27. The van der Waals surface area contributed by atoms with Crippen molar-refractivity contribution in [1.29, 1.82) is 0 Å². The number of furan rings is 1. The number of aryl methyl sites for hydroxylation is 1. The molecule has 8 nitrogen and oxygen atoms in total. The molecule has 0 bridgehead atoms. The molecule has 3 aromatic rings. The van der Waals surface area contributed by atoms with Crippen molar-refractivity contribution in [2.24, 2.45) is 0 Å². The number of carbonyl (C=O) groups excluding carboxylic acids is 1. The van der Waals surface area contributed by atoms with Gasteiger partial charge in [-0.3, -0.25) is 9.69 Å². The number of ether oxygens (including phenoxy) is 1. The molecule has 0 spiro atoms. The Morgan fingerprint density at radius 3 is 2.77 bits per heavy atom. The Morgan fingerprint density at radius 2 is 2.00 bits per heavy atom. The van der Waals surface area contributed by atoms with Gasteiger partial charge in [0, 0.05) is 45.6 Å². The van der Waals surface area contributed by atoms with E-state index < -0.39 is 0 Å². The van der Waals surface area contributed by atoms with Crippen molar-refractivity contribution in [3.05, 3.63) is 54.1 Å². The van der Waals surface area contributed by atoms with E-state index in [1.54, 1.807) is 25.5 Å². The fourth-order valence-electron chi connectivity index (χ4n) is 3.60. The molecule has 0 unspecified atom stereocenters. The van der Waals surface area contributed by atoms with Crippen LogP contribution >= 0.6 is 0 Å². The van der Waals surface area contributed by atoms with Crippen LogP contribution in [0.2, 0.25) is 0 Å². The lowest BCUT2D eigenvalue weighted by Gasteiger charge is -2.22. The summed E-state index contributed by atoms with van der Waals surface area (Å²) in [5.41, 5.74) is 1.25. The van der Waals surface area contributed by atoms with Crippen molar-refractivity contribution < 1.29 is 18.5 Å². The topological polar surface area (TPSA) is 84.8 Å². The molecule has 0 atom stereocenters. The number of rotatable bonds is 7. The highest BCUT2D eigenvalue weighted by atomic mass is 16.5. The quantitative estimate of drug-likeness (QED) is 0.592. The highest BCUT2D eigenvalue weighted by Gasteiger charge is 2.20. The minimum Gasteiger partial charge on any atom is -0.497 e. The summed E-state index contributed by atoms with van der Waals surface area (Å²) in [6.45, 7) is 4.23. The zero-order valence-corrected chi connectivity index (χ0v) is 17.1. The number of hydrogen-bond donors (Lipinski definition) is 0. The first-order valence-electron chi connectivity index (χ1n) is 10.2. The van der Waals surface area contributed by atoms with Crippen molar-refractivity contribution in [3.63, 3.8) is 0 Å². The summed E-state index contributed by atoms with van der Waals surface area (Å²) in [5, 5.41) is 3.91. The van der Waals surface area contributed by atoms with Crippen LogP contribution in [0.5, 0.6) is 5.75 Å². The number of benzene rings is 1. The Labute approximate surface area is 175 Å². The van der Waals surface area contributed by atoms with E-state index in [9.17, 15) is 4.79 Å². The summed E-state index contributed by atoms with van der Waals surface area (Å²) in [7, 11) is 1.67. The van der Waals surface area contributed by atoms with Crippen LogP contribution in [0, 0.1) is 0 Å². The maximum atomic E-state index is 12.7. The molecule has 30 heavy (non-hydrogen) atoms. The lowest BCUT2D eigenvalue weighted by atomic mass is 10.2. The number of amides is 1. The number of methoxy groups -OCH3 is 1. The van der Waals surface area contributed by atoms with Crippen molar-refractivity contribution in [2.45, 2.75) is 25.8 Å². The number of hydrogen-bond acceptors (Lipinski definition) is 7. The highest BCUT2D eigenvalue weighted by molar-refractivity contribution is 5.76. The van der Waals surface area contributed by atoms with Crippen molar-refractivity contribution in [3.8, 4) is 17.3 Å². The molecule has 0 aliphatic carbocycles. The first-order chi connectivity index (χ1) is 14.7. The summed E-state index contributed by atoms with van der Waals surface area (Å²) in [4.78, 5) is 21.3. The average Bonchev–Trinajstić information content (AvgIpc) is 3.41. The molecule has 1 amide bonds. The van der Waals surface area contributed by atoms with Gasteiger partial charge in [0.1, 0.15) is 5.75 Å². The van der Waals surface area contributed by atoms with Gasteiger partial charge in [-0.2, -0.15) is 4.98 Å². The molecule has 1 aliphatic heterocycles. The van der Waals surface area contributed by atoms with Crippen molar-refractivity contribution in [2.75, 3.05) is 33.3 Å². The second-order valence-electron chi connectivity index (χ2n) is 7.35. The molecule has 8 heteroatoms.